The molecule has 3 heterocycles. The summed E-state index contributed by atoms with van der Waals surface area (Å²) in [5.74, 6) is 0.426. The molecule has 0 amide bonds. The molecule has 0 fully saturated rings. The minimum Gasteiger partial charge on any atom is -0.497 e. The Balaban J connectivity index is 1.87. The number of thioether (sulfide) groups is 1. The standard InChI is InChI=1S/C23H26N2O5S2/c1-5-23(3)11-16-17(12-30-23)32-20-19(16)21(27)25(14-7-9-15(28-4)10-8-14)22(24-20)31-13-18(26)29-6-2/h7-10H,5-6,11-13H2,1-4H3/t23-/m0/s1. The highest BCUT2D eigenvalue weighted by Crippen LogP contribution is 2.39. The number of carbonyl (C=O) groups excluding carboxylic acids is 1. The van der Waals surface area contributed by atoms with Gasteiger partial charge < -0.3 is 14.2 Å². The average Bonchev–Trinajstić information content (AvgIpc) is 3.15. The molecule has 1 atom stereocenters. The van der Waals surface area contributed by atoms with Crippen LogP contribution in [0.2, 0.25) is 0 Å². The second-order valence-corrected chi connectivity index (χ2v) is 9.81. The summed E-state index contributed by atoms with van der Waals surface area (Å²) in [7, 11) is 1.60. The van der Waals surface area contributed by atoms with Crippen molar-refractivity contribution >= 4 is 39.3 Å². The lowest BCUT2D eigenvalue weighted by atomic mass is 9.90. The molecule has 170 valence electrons. The van der Waals surface area contributed by atoms with Crippen molar-refractivity contribution < 1.29 is 19.0 Å². The van der Waals surface area contributed by atoms with Crippen LogP contribution in [0.1, 0.15) is 37.6 Å². The predicted molar refractivity (Wildman–Crippen MR) is 126 cm³/mol. The Morgan fingerprint density at radius 1 is 1.31 bits per heavy atom. The van der Waals surface area contributed by atoms with Crippen LogP contribution in [0.4, 0.5) is 0 Å². The van der Waals surface area contributed by atoms with Gasteiger partial charge in [-0.1, -0.05) is 18.7 Å². The third-order valence-electron chi connectivity index (χ3n) is 5.68. The summed E-state index contributed by atoms with van der Waals surface area (Å²) in [6, 6.07) is 7.24. The summed E-state index contributed by atoms with van der Waals surface area (Å²) in [6.45, 7) is 6.73. The molecule has 0 aliphatic carbocycles. The molecule has 1 aliphatic heterocycles. The maximum absolute atomic E-state index is 13.8. The van der Waals surface area contributed by atoms with E-state index in [2.05, 4.69) is 13.8 Å². The van der Waals surface area contributed by atoms with Gasteiger partial charge in [-0.25, -0.2) is 4.98 Å². The van der Waals surface area contributed by atoms with E-state index >= 15 is 0 Å². The number of thiophene rings is 1. The van der Waals surface area contributed by atoms with Crippen LogP contribution in [-0.4, -0.2) is 40.6 Å². The van der Waals surface area contributed by atoms with E-state index in [0.29, 0.717) is 46.4 Å². The van der Waals surface area contributed by atoms with Gasteiger partial charge in [-0.15, -0.1) is 11.3 Å². The first-order valence-corrected chi connectivity index (χ1v) is 12.3. The molecule has 0 unspecified atom stereocenters. The fourth-order valence-corrected chi connectivity index (χ4v) is 5.66. The SMILES string of the molecule is CCOC(=O)CSc1nc2sc3c(c2c(=O)n1-c1ccc(OC)cc1)C[C@](C)(CC)OC3. The molecule has 0 N–H and O–H groups in total. The number of carbonyl (C=O) groups is 1. The van der Waals surface area contributed by atoms with Gasteiger partial charge in [0.25, 0.3) is 5.56 Å². The van der Waals surface area contributed by atoms with Gasteiger partial charge in [0.1, 0.15) is 10.6 Å². The highest BCUT2D eigenvalue weighted by molar-refractivity contribution is 7.99. The highest BCUT2D eigenvalue weighted by atomic mass is 32.2. The monoisotopic (exact) mass is 474 g/mol. The first kappa shape index (κ1) is 22.8. The molecule has 1 aliphatic rings. The summed E-state index contributed by atoms with van der Waals surface area (Å²) in [4.78, 5) is 32.3. The number of hydrogen-bond donors (Lipinski definition) is 0. The summed E-state index contributed by atoms with van der Waals surface area (Å²) >= 11 is 2.70. The van der Waals surface area contributed by atoms with Crippen LogP contribution >= 0.6 is 23.1 Å². The van der Waals surface area contributed by atoms with Crippen LogP contribution in [0, 0.1) is 0 Å². The number of hydrogen-bond acceptors (Lipinski definition) is 8. The van der Waals surface area contributed by atoms with Gasteiger partial charge in [0, 0.05) is 11.3 Å². The Bertz CT molecular complexity index is 1200. The van der Waals surface area contributed by atoms with Crippen LogP contribution in [0.3, 0.4) is 0 Å². The van der Waals surface area contributed by atoms with Crippen molar-refractivity contribution in [2.75, 3.05) is 19.5 Å². The molecule has 0 spiro atoms. The van der Waals surface area contributed by atoms with E-state index in [1.807, 2.05) is 12.1 Å². The summed E-state index contributed by atoms with van der Waals surface area (Å²) in [5, 5.41) is 1.10. The smallest absolute Gasteiger partial charge is 0.316 e. The Labute approximate surface area is 194 Å². The minimum atomic E-state index is -0.342. The fraction of sp³-hybridized carbons (Fsp3) is 0.435. The Morgan fingerprint density at radius 3 is 2.72 bits per heavy atom. The normalized spacial score (nSPS) is 17.9. The lowest BCUT2D eigenvalue weighted by molar-refractivity contribution is -0.139. The molecular weight excluding hydrogens is 448 g/mol. The van der Waals surface area contributed by atoms with Gasteiger partial charge in [0.05, 0.1) is 42.8 Å². The van der Waals surface area contributed by atoms with Crippen molar-refractivity contribution in [3.63, 3.8) is 0 Å². The number of esters is 1. The quantitative estimate of drug-likeness (QED) is 0.286. The Kier molecular flexibility index (Phi) is 6.60. The fourth-order valence-electron chi connectivity index (χ4n) is 3.71. The van der Waals surface area contributed by atoms with Crippen molar-refractivity contribution in [3.05, 3.63) is 45.1 Å². The molecular formula is C23H26N2O5S2. The third kappa shape index (κ3) is 4.29. The maximum atomic E-state index is 13.8. The van der Waals surface area contributed by atoms with E-state index in [1.54, 1.807) is 30.7 Å². The van der Waals surface area contributed by atoms with Crippen LogP contribution in [-0.2, 0) is 27.3 Å². The first-order chi connectivity index (χ1) is 15.4. The zero-order chi connectivity index (χ0) is 22.9. The van der Waals surface area contributed by atoms with Crippen LogP contribution in [0.25, 0.3) is 15.9 Å². The van der Waals surface area contributed by atoms with Crippen molar-refractivity contribution in [2.45, 2.75) is 51.0 Å². The molecule has 32 heavy (non-hydrogen) atoms. The molecule has 0 saturated heterocycles. The number of benzene rings is 1. The molecule has 7 nitrogen and oxygen atoms in total. The van der Waals surface area contributed by atoms with Crippen molar-refractivity contribution in [1.29, 1.82) is 0 Å². The summed E-state index contributed by atoms with van der Waals surface area (Å²) in [6.07, 6.45) is 1.53. The molecule has 0 bridgehead atoms. The molecule has 3 aromatic rings. The van der Waals surface area contributed by atoms with Crippen LogP contribution < -0.4 is 10.3 Å². The van der Waals surface area contributed by atoms with Crippen molar-refractivity contribution in [2.24, 2.45) is 0 Å². The van der Waals surface area contributed by atoms with E-state index < -0.39 is 0 Å². The van der Waals surface area contributed by atoms with Gasteiger partial charge >= 0.3 is 5.97 Å². The molecule has 4 rings (SSSR count). The highest BCUT2D eigenvalue weighted by Gasteiger charge is 2.33. The van der Waals surface area contributed by atoms with Crippen molar-refractivity contribution in [3.8, 4) is 11.4 Å². The third-order valence-corrected chi connectivity index (χ3v) is 7.69. The minimum absolute atomic E-state index is 0.0735. The van der Waals surface area contributed by atoms with Gasteiger partial charge in [0.2, 0.25) is 0 Å². The second-order valence-electron chi connectivity index (χ2n) is 7.78. The van der Waals surface area contributed by atoms with Gasteiger partial charge in [-0.05, 0) is 50.1 Å². The van der Waals surface area contributed by atoms with E-state index in [0.717, 1.165) is 16.9 Å². The largest absolute Gasteiger partial charge is 0.497 e. The summed E-state index contributed by atoms with van der Waals surface area (Å²) < 4.78 is 18.0. The van der Waals surface area contributed by atoms with Gasteiger partial charge in [0.15, 0.2) is 5.16 Å². The van der Waals surface area contributed by atoms with E-state index in [9.17, 15) is 9.59 Å². The Morgan fingerprint density at radius 2 is 2.06 bits per heavy atom. The first-order valence-electron chi connectivity index (χ1n) is 10.5. The number of nitrogens with zero attached hydrogens (tertiary/aromatic N) is 2. The van der Waals surface area contributed by atoms with Crippen LogP contribution in [0.5, 0.6) is 5.75 Å². The summed E-state index contributed by atoms with van der Waals surface area (Å²) in [5.41, 5.74) is 1.27. The lowest BCUT2D eigenvalue weighted by Gasteiger charge is -2.32. The lowest BCUT2D eigenvalue weighted by Crippen LogP contribution is -2.34. The Hall–Kier alpha value is -2.36. The number of rotatable bonds is 7. The van der Waals surface area contributed by atoms with E-state index in [4.69, 9.17) is 19.2 Å². The molecule has 0 saturated carbocycles. The molecule has 0 radical (unpaired) electrons. The molecule has 9 heteroatoms. The topological polar surface area (TPSA) is 79.7 Å². The van der Waals surface area contributed by atoms with Gasteiger partial charge in [-0.2, -0.15) is 0 Å². The maximum Gasteiger partial charge on any atom is 0.316 e. The van der Waals surface area contributed by atoms with Gasteiger partial charge in [-0.3, -0.25) is 14.2 Å². The molecule has 2 aromatic heterocycles. The number of ether oxygens (including phenoxy) is 3. The second kappa shape index (κ2) is 9.25. The number of aromatic nitrogens is 2. The van der Waals surface area contributed by atoms with E-state index in [1.165, 1.54) is 23.1 Å². The predicted octanol–water partition coefficient (Wildman–Crippen LogP) is 4.35. The van der Waals surface area contributed by atoms with Crippen molar-refractivity contribution in [1.82, 2.24) is 9.55 Å². The zero-order valence-electron chi connectivity index (χ0n) is 18.6. The van der Waals surface area contributed by atoms with E-state index in [-0.39, 0.29) is 22.9 Å². The number of methoxy groups -OCH3 is 1. The number of fused-ring (bicyclic) bond motifs is 3. The average molecular weight is 475 g/mol. The zero-order valence-corrected chi connectivity index (χ0v) is 20.2. The molecule has 1 aromatic carbocycles. The van der Waals surface area contributed by atoms with Crippen LogP contribution in [0.15, 0.2) is 34.2 Å².